The molecule has 1 aromatic carbocycles. The molecule has 1 heterocycles. The number of benzene rings is 1. The standard InChI is InChI=1S/C15H18FN3O3/c16-10-7-11(14-12(8-10)18-9-19-14)15(22)17-6-4-2-1-3-5-13(20)21/h7-9H,1-6H2,(H,17,22)(H,18,19)(H,20,21). The van der Waals surface area contributed by atoms with Gasteiger partial charge in [0.15, 0.2) is 0 Å². The van der Waals surface area contributed by atoms with Crippen molar-refractivity contribution in [2.24, 2.45) is 0 Å². The number of carbonyl (C=O) groups excluding carboxylic acids is 1. The van der Waals surface area contributed by atoms with Gasteiger partial charge in [0.25, 0.3) is 5.91 Å². The Kier molecular flexibility index (Phi) is 5.46. The van der Waals surface area contributed by atoms with Gasteiger partial charge >= 0.3 is 5.97 Å². The first kappa shape index (κ1) is 15.9. The number of imidazole rings is 1. The lowest BCUT2D eigenvalue weighted by atomic mass is 10.1. The number of carboxylic acid groups (broad SMARTS) is 1. The van der Waals surface area contributed by atoms with Crippen molar-refractivity contribution in [3.63, 3.8) is 0 Å². The summed E-state index contributed by atoms with van der Waals surface area (Å²) in [6, 6.07) is 2.47. The molecule has 0 unspecified atom stereocenters. The maximum Gasteiger partial charge on any atom is 0.303 e. The number of rotatable bonds is 8. The predicted molar refractivity (Wildman–Crippen MR) is 79.1 cm³/mol. The SMILES string of the molecule is O=C(O)CCCCCCNC(=O)c1cc(F)cc2[nH]cnc12. The molecule has 0 saturated heterocycles. The van der Waals surface area contributed by atoms with E-state index in [1.165, 1.54) is 18.5 Å². The van der Waals surface area contributed by atoms with Crippen molar-refractivity contribution in [1.29, 1.82) is 0 Å². The molecule has 2 aromatic rings. The quantitative estimate of drug-likeness (QED) is 0.653. The Morgan fingerprint density at radius 3 is 2.77 bits per heavy atom. The Labute approximate surface area is 126 Å². The largest absolute Gasteiger partial charge is 0.481 e. The summed E-state index contributed by atoms with van der Waals surface area (Å²) in [7, 11) is 0. The summed E-state index contributed by atoms with van der Waals surface area (Å²) in [4.78, 5) is 29.2. The number of aromatic nitrogens is 2. The molecule has 0 radical (unpaired) electrons. The van der Waals surface area contributed by atoms with Gasteiger partial charge < -0.3 is 15.4 Å². The monoisotopic (exact) mass is 307 g/mol. The molecule has 0 saturated carbocycles. The minimum atomic E-state index is -0.789. The first-order valence-corrected chi connectivity index (χ1v) is 7.20. The van der Waals surface area contributed by atoms with Crippen LogP contribution in [-0.4, -0.2) is 33.5 Å². The summed E-state index contributed by atoms with van der Waals surface area (Å²) in [6.45, 7) is 0.467. The van der Waals surface area contributed by atoms with Crippen molar-refractivity contribution in [1.82, 2.24) is 15.3 Å². The minimum absolute atomic E-state index is 0.173. The average Bonchev–Trinajstić information content (AvgIpc) is 2.92. The molecule has 2 rings (SSSR count). The third-order valence-electron chi connectivity index (χ3n) is 3.34. The van der Waals surface area contributed by atoms with E-state index < -0.39 is 11.8 Å². The second kappa shape index (κ2) is 7.53. The molecule has 22 heavy (non-hydrogen) atoms. The molecule has 0 aliphatic rings. The zero-order valence-corrected chi connectivity index (χ0v) is 12.1. The lowest BCUT2D eigenvalue weighted by Crippen LogP contribution is -2.24. The fourth-order valence-corrected chi connectivity index (χ4v) is 2.24. The van der Waals surface area contributed by atoms with Crippen molar-refractivity contribution in [2.45, 2.75) is 32.1 Å². The van der Waals surface area contributed by atoms with Crippen LogP contribution in [0.15, 0.2) is 18.5 Å². The number of carbonyl (C=O) groups is 2. The normalized spacial score (nSPS) is 10.8. The predicted octanol–water partition coefficient (Wildman–Crippen LogP) is 2.47. The molecule has 3 N–H and O–H groups in total. The van der Waals surface area contributed by atoms with Crippen LogP contribution in [0.1, 0.15) is 42.5 Å². The highest BCUT2D eigenvalue weighted by Crippen LogP contribution is 2.17. The first-order valence-electron chi connectivity index (χ1n) is 7.20. The highest BCUT2D eigenvalue weighted by Gasteiger charge is 2.13. The van der Waals surface area contributed by atoms with E-state index in [4.69, 9.17) is 5.11 Å². The average molecular weight is 307 g/mol. The third-order valence-corrected chi connectivity index (χ3v) is 3.34. The summed E-state index contributed by atoms with van der Waals surface area (Å²) in [5.41, 5.74) is 1.14. The molecule has 118 valence electrons. The Morgan fingerprint density at radius 2 is 2.00 bits per heavy atom. The smallest absolute Gasteiger partial charge is 0.303 e. The van der Waals surface area contributed by atoms with Crippen molar-refractivity contribution < 1.29 is 19.1 Å². The maximum absolute atomic E-state index is 13.5. The van der Waals surface area contributed by atoms with Gasteiger partial charge in [0, 0.05) is 13.0 Å². The highest BCUT2D eigenvalue weighted by atomic mass is 19.1. The van der Waals surface area contributed by atoms with E-state index in [2.05, 4.69) is 15.3 Å². The number of nitrogens with zero attached hydrogens (tertiary/aromatic N) is 1. The van der Waals surface area contributed by atoms with Crippen LogP contribution in [0, 0.1) is 5.82 Å². The number of amides is 1. The zero-order valence-electron chi connectivity index (χ0n) is 12.1. The molecule has 7 heteroatoms. The number of nitrogens with one attached hydrogen (secondary N) is 2. The molecule has 0 atom stereocenters. The molecule has 1 amide bonds. The van der Waals surface area contributed by atoms with Crippen LogP contribution in [0.3, 0.4) is 0 Å². The van der Waals surface area contributed by atoms with Crippen LogP contribution in [-0.2, 0) is 4.79 Å². The number of fused-ring (bicyclic) bond motifs is 1. The van der Waals surface area contributed by atoms with E-state index in [-0.39, 0.29) is 17.9 Å². The molecule has 0 fully saturated rings. The van der Waals surface area contributed by atoms with Crippen LogP contribution < -0.4 is 5.32 Å². The summed E-state index contributed by atoms with van der Waals surface area (Å²) in [5.74, 6) is -1.64. The molecule has 1 aromatic heterocycles. The minimum Gasteiger partial charge on any atom is -0.481 e. The van der Waals surface area contributed by atoms with E-state index in [1.54, 1.807) is 0 Å². The Bertz CT molecular complexity index is 669. The fourth-order valence-electron chi connectivity index (χ4n) is 2.24. The molecule has 0 bridgehead atoms. The number of hydrogen-bond donors (Lipinski definition) is 3. The van der Waals surface area contributed by atoms with Crippen LogP contribution in [0.4, 0.5) is 4.39 Å². The molecule has 0 aliphatic carbocycles. The Balaban J connectivity index is 1.79. The van der Waals surface area contributed by atoms with Gasteiger partial charge in [-0.05, 0) is 25.0 Å². The van der Waals surface area contributed by atoms with Gasteiger partial charge in [-0.1, -0.05) is 12.8 Å². The first-order chi connectivity index (χ1) is 10.6. The number of hydrogen-bond acceptors (Lipinski definition) is 3. The van der Waals surface area contributed by atoms with Gasteiger partial charge in [0.05, 0.1) is 17.4 Å². The van der Waals surface area contributed by atoms with E-state index in [0.717, 1.165) is 19.3 Å². The molecular weight excluding hydrogens is 289 g/mol. The summed E-state index contributed by atoms with van der Waals surface area (Å²) >= 11 is 0. The van der Waals surface area contributed by atoms with Gasteiger partial charge in [-0.25, -0.2) is 9.37 Å². The van der Waals surface area contributed by atoms with E-state index in [1.807, 2.05) is 0 Å². The molecule has 0 spiro atoms. The van der Waals surface area contributed by atoms with Crippen molar-refractivity contribution >= 4 is 22.9 Å². The maximum atomic E-state index is 13.5. The number of carboxylic acids is 1. The fraction of sp³-hybridized carbons (Fsp3) is 0.400. The van der Waals surface area contributed by atoms with Crippen LogP contribution in [0.2, 0.25) is 0 Å². The van der Waals surface area contributed by atoms with Gasteiger partial charge in [-0.2, -0.15) is 0 Å². The second-order valence-electron chi connectivity index (χ2n) is 5.07. The van der Waals surface area contributed by atoms with Gasteiger partial charge in [-0.3, -0.25) is 9.59 Å². The Morgan fingerprint density at radius 1 is 1.23 bits per heavy atom. The van der Waals surface area contributed by atoms with E-state index >= 15 is 0 Å². The van der Waals surface area contributed by atoms with Gasteiger partial charge in [-0.15, -0.1) is 0 Å². The van der Waals surface area contributed by atoms with E-state index in [0.29, 0.717) is 24.0 Å². The zero-order chi connectivity index (χ0) is 15.9. The topological polar surface area (TPSA) is 95.1 Å². The van der Waals surface area contributed by atoms with Gasteiger partial charge in [0.2, 0.25) is 0 Å². The van der Waals surface area contributed by atoms with Crippen molar-refractivity contribution in [3.05, 3.63) is 29.8 Å². The number of H-pyrrole nitrogens is 1. The summed E-state index contributed by atoms with van der Waals surface area (Å²) < 4.78 is 13.5. The molecule has 6 nitrogen and oxygen atoms in total. The van der Waals surface area contributed by atoms with Crippen LogP contribution in [0.25, 0.3) is 11.0 Å². The summed E-state index contributed by atoms with van der Waals surface area (Å²) in [5, 5.41) is 11.2. The number of aliphatic carboxylic acids is 1. The van der Waals surface area contributed by atoms with Crippen LogP contribution in [0.5, 0.6) is 0 Å². The number of halogens is 1. The van der Waals surface area contributed by atoms with Gasteiger partial charge in [0.1, 0.15) is 11.3 Å². The van der Waals surface area contributed by atoms with Crippen molar-refractivity contribution in [3.8, 4) is 0 Å². The van der Waals surface area contributed by atoms with Crippen molar-refractivity contribution in [2.75, 3.05) is 6.54 Å². The lowest BCUT2D eigenvalue weighted by molar-refractivity contribution is -0.137. The third kappa shape index (κ3) is 4.28. The molecular formula is C15H18FN3O3. The lowest BCUT2D eigenvalue weighted by Gasteiger charge is -2.06. The molecule has 0 aliphatic heterocycles. The highest BCUT2D eigenvalue weighted by molar-refractivity contribution is 6.04. The van der Waals surface area contributed by atoms with E-state index in [9.17, 15) is 14.0 Å². The second-order valence-corrected chi connectivity index (χ2v) is 5.07. The number of unbranched alkanes of at least 4 members (excludes halogenated alkanes) is 3. The number of aromatic amines is 1. The van der Waals surface area contributed by atoms with Crippen LogP contribution >= 0.6 is 0 Å². The summed E-state index contributed by atoms with van der Waals surface area (Å²) in [6.07, 6.45) is 4.64. The Hall–Kier alpha value is -2.44.